The minimum absolute atomic E-state index is 0.146. The highest BCUT2D eigenvalue weighted by atomic mass is 16.5. The third kappa shape index (κ3) is 7.63. The molecule has 0 aliphatic carbocycles. The second-order valence-electron chi connectivity index (χ2n) is 12.1. The third-order valence-electron chi connectivity index (χ3n) is 8.78. The number of imidazole rings is 1. The summed E-state index contributed by atoms with van der Waals surface area (Å²) in [6, 6.07) is 22.2. The molecule has 0 bridgehead atoms. The summed E-state index contributed by atoms with van der Waals surface area (Å²) < 4.78 is 6.91. The van der Waals surface area contributed by atoms with Gasteiger partial charge in [-0.2, -0.15) is 0 Å². The van der Waals surface area contributed by atoms with Crippen molar-refractivity contribution >= 4 is 17.8 Å². The molecule has 5 rings (SSSR count). The average molecular weight is 637 g/mol. The molecule has 1 aromatic heterocycles. The number of nitrogens with zero attached hydrogens (tertiary/aromatic N) is 4. The normalized spacial score (nSPS) is 14.0. The molecule has 2 amide bonds. The summed E-state index contributed by atoms with van der Waals surface area (Å²) in [5.41, 5.74) is 4.37. The van der Waals surface area contributed by atoms with E-state index in [9.17, 15) is 19.5 Å². The fraction of sp³-hybridized carbons (Fsp3) is 0.368. The first-order valence-electron chi connectivity index (χ1n) is 16.5. The molecule has 1 N–H and O–H groups in total. The van der Waals surface area contributed by atoms with Crippen molar-refractivity contribution in [3.8, 4) is 11.4 Å². The number of benzene rings is 3. The van der Waals surface area contributed by atoms with Crippen molar-refractivity contribution in [1.82, 2.24) is 19.4 Å². The molecule has 1 aliphatic heterocycles. The van der Waals surface area contributed by atoms with Crippen LogP contribution in [0.5, 0.6) is 0 Å². The van der Waals surface area contributed by atoms with Gasteiger partial charge in [-0.1, -0.05) is 81.3 Å². The summed E-state index contributed by atoms with van der Waals surface area (Å²) in [5.74, 6) is -0.610. The highest BCUT2D eigenvalue weighted by Gasteiger charge is 2.33. The van der Waals surface area contributed by atoms with E-state index in [2.05, 4.69) is 13.8 Å². The zero-order chi connectivity index (χ0) is 33.3. The predicted molar refractivity (Wildman–Crippen MR) is 181 cm³/mol. The third-order valence-corrected chi connectivity index (χ3v) is 8.78. The molecule has 0 unspecified atom stereocenters. The van der Waals surface area contributed by atoms with Crippen LogP contribution in [-0.2, 0) is 24.2 Å². The maximum Gasteiger partial charge on any atom is 0.337 e. The first-order chi connectivity index (χ1) is 22.9. The number of hydrogen-bond acceptors (Lipinski definition) is 6. The lowest BCUT2D eigenvalue weighted by Gasteiger charge is -2.36. The summed E-state index contributed by atoms with van der Waals surface area (Å²) in [7, 11) is 1.30. The number of aliphatic hydroxyl groups excluding tert-OH is 1. The molecule has 0 saturated heterocycles. The van der Waals surface area contributed by atoms with Crippen LogP contribution in [0.3, 0.4) is 0 Å². The van der Waals surface area contributed by atoms with Gasteiger partial charge in [0.1, 0.15) is 11.5 Å². The highest BCUT2D eigenvalue weighted by Crippen LogP contribution is 2.31. The summed E-state index contributed by atoms with van der Waals surface area (Å²) in [6.07, 6.45) is 6.01. The molecule has 4 aromatic rings. The number of fused-ring (bicyclic) bond motifs is 1. The molecule has 1 aliphatic rings. The SMILES string of the molecule is CCCCN(CCCC)C(=O)c1cn(Cc2ccccc2)c(-c2ccc(C(=O)OC)cc2C(=O)N2Cc3ccccc3C[C@H]2CO)n1. The zero-order valence-electron chi connectivity index (χ0n) is 27.5. The summed E-state index contributed by atoms with van der Waals surface area (Å²) >= 11 is 0. The zero-order valence-corrected chi connectivity index (χ0v) is 27.5. The number of aliphatic hydroxyl groups is 1. The first kappa shape index (κ1) is 33.6. The number of carbonyl (C=O) groups excluding carboxylic acids is 3. The van der Waals surface area contributed by atoms with E-state index < -0.39 is 12.0 Å². The minimum atomic E-state index is -0.570. The van der Waals surface area contributed by atoms with Gasteiger partial charge in [0.25, 0.3) is 11.8 Å². The largest absolute Gasteiger partial charge is 0.465 e. The molecule has 9 nitrogen and oxygen atoms in total. The second kappa shape index (κ2) is 15.7. The molecule has 0 radical (unpaired) electrons. The molecule has 47 heavy (non-hydrogen) atoms. The molecule has 0 fully saturated rings. The van der Waals surface area contributed by atoms with E-state index in [4.69, 9.17) is 9.72 Å². The number of carbonyl (C=O) groups is 3. The molecule has 9 heteroatoms. The highest BCUT2D eigenvalue weighted by molar-refractivity contribution is 6.03. The first-order valence-corrected chi connectivity index (χ1v) is 16.5. The molecular formula is C38H44N4O5. The maximum atomic E-state index is 14.5. The second-order valence-corrected chi connectivity index (χ2v) is 12.1. The van der Waals surface area contributed by atoms with Gasteiger partial charge in [-0.05, 0) is 54.2 Å². The monoisotopic (exact) mass is 636 g/mol. The van der Waals surface area contributed by atoms with Crippen LogP contribution in [0.15, 0.2) is 79.0 Å². The van der Waals surface area contributed by atoms with E-state index in [0.29, 0.717) is 49.7 Å². The summed E-state index contributed by atoms with van der Waals surface area (Å²) in [6.45, 7) is 6.03. The quantitative estimate of drug-likeness (QED) is 0.181. The molecular weight excluding hydrogens is 592 g/mol. The molecule has 1 atom stereocenters. The Kier molecular flexibility index (Phi) is 11.2. The van der Waals surface area contributed by atoms with Gasteiger partial charge in [0.05, 0.1) is 30.9 Å². The lowest BCUT2D eigenvalue weighted by atomic mass is 9.92. The fourth-order valence-corrected chi connectivity index (χ4v) is 6.11. The van der Waals surface area contributed by atoms with E-state index in [1.165, 1.54) is 13.2 Å². The average Bonchev–Trinajstić information content (AvgIpc) is 3.53. The van der Waals surface area contributed by atoms with Gasteiger partial charge in [0.2, 0.25) is 0 Å². The Bertz CT molecular complexity index is 1690. The van der Waals surface area contributed by atoms with Crippen molar-refractivity contribution in [3.05, 3.63) is 113 Å². The van der Waals surface area contributed by atoms with Gasteiger partial charge >= 0.3 is 5.97 Å². The van der Waals surface area contributed by atoms with Crippen LogP contribution in [0.1, 0.15) is 87.4 Å². The van der Waals surface area contributed by atoms with Crippen LogP contribution in [0, 0.1) is 0 Å². The van der Waals surface area contributed by atoms with Crippen LogP contribution in [0.25, 0.3) is 11.4 Å². The van der Waals surface area contributed by atoms with Crippen LogP contribution in [-0.4, -0.2) is 75.1 Å². The number of ether oxygens (including phenoxy) is 1. The van der Waals surface area contributed by atoms with E-state index in [1.807, 2.05) is 64.1 Å². The number of rotatable bonds is 13. The Balaban J connectivity index is 1.63. The number of hydrogen-bond donors (Lipinski definition) is 1. The molecule has 0 spiro atoms. The Morgan fingerprint density at radius 1 is 0.936 bits per heavy atom. The number of methoxy groups -OCH3 is 1. The Morgan fingerprint density at radius 2 is 1.62 bits per heavy atom. The summed E-state index contributed by atoms with van der Waals surface area (Å²) in [4.78, 5) is 49.6. The van der Waals surface area contributed by atoms with Crippen molar-refractivity contribution in [2.75, 3.05) is 26.8 Å². The standard InChI is InChI=1S/C38H44N4O5/c1-4-6-19-40(20-7-5-2)37(45)34-25-41(23-27-13-9-8-10-14-27)35(39-34)32-18-17-29(38(46)47-3)22-33(32)36(44)42-24-30-16-12-11-15-28(30)21-31(42)26-43/h8-18,22,25,31,43H,4-7,19-21,23-24,26H2,1-3H3/t31-/m0/s1. The van der Waals surface area contributed by atoms with Gasteiger partial charge < -0.3 is 24.2 Å². The number of amides is 2. The smallest absolute Gasteiger partial charge is 0.337 e. The van der Waals surface area contributed by atoms with Crippen molar-refractivity contribution in [1.29, 1.82) is 0 Å². The molecule has 246 valence electrons. The molecule has 0 saturated carbocycles. The van der Waals surface area contributed by atoms with Gasteiger partial charge in [-0.25, -0.2) is 9.78 Å². The van der Waals surface area contributed by atoms with Crippen LogP contribution < -0.4 is 0 Å². The minimum Gasteiger partial charge on any atom is -0.465 e. The lowest BCUT2D eigenvalue weighted by molar-refractivity contribution is 0.0544. The Hall–Kier alpha value is -4.76. The van der Waals surface area contributed by atoms with Gasteiger partial charge in [-0.3, -0.25) is 9.59 Å². The van der Waals surface area contributed by atoms with E-state index in [-0.39, 0.29) is 29.5 Å². The van der Waals surface area contributed by atoms with Crippen molar-refractivity contribution in [3.63, 3.8) is 0 Å². The van der Waals surface area contributed by atoms with Crippen molar-refractivity contribution in [2.24, 2.45) is 0 Å². The topological polar surface area (TPSA) is 105 Å². The van der Waals surface area contributed by atoms with E-state index in [1.54, 1.807) is 23.2 Å². The van der Waals surface area contributed by atoms with Gasteiger partial charge in [-0.15, -0.1) is 0 Å². The van der Waals surface area contributed by atoms with Gasteiger partial charge in [0, 0.05) is 37.9 Å². The maximum absolute atomic E-state index is 14.5. The number of aromatic nitrogens is 2. The number of unbranched alkanes of at least 4 members (excludes halogenated alkanes) is 2. The molecule has 3 aromatic carbocycles. The molecule has 2 heterocycles. The number of esters is 1. The van der Waals surface area contributed by atoms with Gasteiger partial charge in [0.15, 0.2) is 0 Å². The fourth-order valence-electron chi connectivity index (χ4n) is 6.11. The summed E-state index contributed by atoms with van der Waals surface area (Å²) in [5, 5.41) is 10.4. The van der Waals surface area contributed by atoms with E-state index in [0.717, 1.165) is 42.4 Å². The van der Waals surface area contributed by atoms with Crippen molar-refractivity contribution in [2.45, 2.75) is 65.1 Å². The predicted octanol–water partition coefficient (Wildman–Crippen LogP) is 5.99. The van der Waals surface area contributed by atoms with Crippen LogP contribution in [0.4, 0.5) is 0 Å². The van der Waals surface area contributed by atoms with E-state index >= 15 is 0 Å². The van der Waals surface area contributed by atoms with Crippen LogP contribution in [0.2, 0.25) is 0 Å². The van der Waals surface area contributed by atoms with Crippen molar-refractivity contribution < 1.29 is 24.2 Å². The van der Waals surface area contributed by atoms with Crippen LogP contribution >= 0.6 is 0 Å². The Labute approximate surface area is 276 Å². The lowest BCUT2D eigenvalue weighted by Crippen LogP contribution is -2.46. The Morgan fingerprint density at radius 3 is 2.28 bits per heavy atom.